The van der Waals surface area contributed by atoms with Crippen LogP contribution in [0.15, 0.2) is 24.3 Å². The maximum atomic E-state index is 12.4. The molecule has 1 fully saturated rings. The van der Waals surface area contributed by atoms with Crippen molar-refractivity contribution in [2.24, 2.45) is 0 Å². The van der Waals surface area contributed by atoms with Crippen LogP contribution in [-0.2, 0) is 16.0 Å². The van der Waals surface area contributed by atoms with Gasteiger partial charge >= 0.3 is 11.9 Å². The van der Waals surface area contributed by atoms with Crippen LogP contribution in [0.1, 0.15) is 25.3 Å². The predicted octanol–water partition coefficient (Wildman–Crippen LogP) is 0.882. The van der Waals surface area contributed by atoms with Crippen molar-refractivity contribution < 1.29 is 23.7 Å². The summed E-state index contributed by atoms with van der Waals surface area (Å²) in [6, 6.07) is 6.92. The van der Waals surface area contributed by atoms with Gasteiger partial charge in [-0.15, -0.1) is 0 Å². The van der Waals surface area contributed by atoms with Gasteiger partial charge in [0.25, 0.3) is 0 Å². The molecular weight excluding hydrogens is 372 g/mol. The molecule has 0 bridgehead atoms. The molecule has 156 valence electrons. The van der Waals surface area contributed by atoms with Crippen LogP contribution in [0.3, 0.4) is 0 Å². The van der Waals surface area contributed by atoms with Crippen molar-refractivity contribution in [3.05, 3.63) is 29.8 Å². The molecule has 3 rings (SSSR count). The summed E-state index contributed by atoms with van der Waals surface area (Å²) in [5.74, 6) is 0.597. The van der Waals surface area contributed by atoms with Crippen LogP contribution < -0.4 is 10.1 Å². The summed E-state index contributed by atoms with van der Waals surface area (Å²) in [7, 11) is 3.17. The van der Waals surface area contributed by atoms with Crippen molar-refractivity contribution in [2.75, 3.05) is 33.8 Å². The molecule has 2 heterocycles. The normalized spacial score (nSPS) is 21.1. The van der Waals surface area contributed by atoms with Gasteiger partial charge in [0.15, 0.2) is 6.04 Å². The summed E-state index contributed by atoms with van der Waals surface area (Å²) < 4.78 is 6.87. The van der Waals surface area contributed by atoms with Crippen molar-refractivity contribution >= 4 is 24.1 Å². The molecule has 1 saturated heterocycles. The number of hydrogen-bond donors (Lipinski definition) is 1. The van der Waals surface area contributed by atoms with Crippen LogP contribution in [-0.4, -0.2) is 84.3 Å². The number of amides is 4. The minimum Gasteiger partial charge on any atom is -0.494 e. The van der Waals surface area contributed by atoms with Crippen LogP contribution in [0, 0.1) is 0 Å². The van der Waals surface area contributed by atoms with Crippen molar-refractivity contribution in [1.29, 1.82) is 0 Å². The summed E-state index contributed by atoms with van der Waals surface area (Å²) in [5, 5.41) is 3.10. The Bertz CT molecular complexity index is 797. The minimum atomic E-state index is -0.428. The molecule has 2 aliphatic heterocycles. The Hall–Kier alpha value is -2.74. The number of carbonyl (C=O) groups is 3. The van der Waals surface area contributed by atoms with Gasteiger partial charge in [-0.2, -0.15) is 9.69 Å². The fourth-order valence-corrected chi connectivity index (χ4v) is 3.78. The minimum absolute atomic E-state index is 0.00187. The first-order valence-electron chi connectivity index (χ1n) is 10.0. The van der Waals surface area contributed by atoms with E-state index >= 15 is 0 Å². The van der Waals surface area contributed by atoms with E-state index in [0.29, 0.717) is 26.1 Å². The summed E-state index contributed by atoms with van der Waals surface area (Å²) in [4.78, 5) is 39.9. The van der Waals surface area contributed by atoms with E-state index in [1.807, 2.05) is 31.2 Å². The zero-order chi connectivity index (χ0) is 21.0. The van der Waals surface area contributed by atoms with Gasteiger partial charge in [-0.1, -0.05) is 12.1 Å². The molecule has 0 radical (unpaired) electrons. The maximum Gasteiger partial charge on any atom is 0.500 e. The molecule has 1 unspecified atom stereocenters. The van der Waals surface area contributed by atoms with Gasteiger partial charge in [0, 0.05) is 19.1 Å². The van der Waals surface area contributed by atoms with Gasteiger partial charge in [0.05, 0.1) is 27.1 Å². The number of likely N-dealkylation sites (N-methyl/N-ethyl adjacent to an activating group) is 1. The molecule has 1 aromatic rings. The Kier molecular flexibility index (Phi) is 6.64. The van der Waals surface area contributed by atoms with Gasteiger partial charge in [0.2, 0.25) is 5.91 Å². The molecule has 1 N–H and O–H groups in total. The van der Waals surface area contributed by atoms with Crippen LogP contribution in [0.2, 0.25) is 0 Å². The van der Waals surface area contributed by atoms with E-state index in [9.17, 15) is 14.4 Å². The molecule has 1 aromatic carbocycles. The van der Waals surface area contributed by atoms with Gasteiger partial charge in [-0.25, -0.2) is 9.37 Å². The highest BCUT2D eigenvalue weighted by Crippen LogP contribution is 2.17. The lowest BCUT2D eigenvalue weighted by Crippen LogP contribution is -2.59. The maximum absolute atomic E-state index is 12.4. The summed E-state index contributed by atoms with van der Waals surface area (Å²) in [5.41, 5.74) is 0.946. The zero-order valence-corrected chi connectivity index (χ0v) is 17.3. The third-order valence-electron chi connectivity index (χ3n) is 5.42. The number of hydrogen-bond acceptors (Lipinski definition) is 5. The number of carbonyl (C=O) groups excluding carboxylic acids is 3. The molecule has 2 aliphatic rings. The second-order valence-electron chi connectivity index (χ2n) is 7.52. The van der Waals surface area contributed by atoms with E-state index in [2.05, 4.69) is 10.2 Å². The molecule has 4 amide bonds. The fraction of sp³-hybridized carbons (Fsp3) is 0.524. The van der Waals surface area contributed by atoms with Gasteiger partial charge in [0.1, 0.15) is 12.0 Å². The van der Waals surface area contributed by atoms with E-state index < -0.39 is 6.04 Å². The molecule has 29 heavy (non-hydrogen) atoms. The number of imide groups is 1. The number of nitrogens with one attached hydrogen (secondary N) is 1. The number of ether oxygens (including phenoxy) is 1. The second kappa shape index (κ2) is 9.17. The third kappa shape index (κ3) is 5.00. The molecule has 1 atom stereocenters. The molecular formula is C21H29N4O4+. The van der Waals surface area contributed by atoms with Crippen molar-refractivity contribution in [1.82, 2.24) is 15.1 Å². The Morgan fingerprint density at radius 2 is 1.86 bits per heavy atom. The number of benzene rings is 1. The average Bonchev–Trinajstić information content (AvgIpc) is 2.71. The zero-order valence-electron chi connectivity index (χ0n) is 17.3. The highest BCUT2D eigenvalue weighted by Gasteiger charge is 2.42. The lowest BCUT2D eigenvalue weighted by atomic mass is 10.0. The van der Waals surface area contributed by atoms with Crippen LogP contribution >= 0.6 is 0 Å². The number of urea groups is 1. The smallest absolute Gasteiger partial charge is 0.494 e. The standard InChI is InChI=1S/C21H28N4O4/c1-4-29-17-7-5-15(6-8-17)13-19(26)22-16-9-11-25(12-10-16)18-14-23(2)21(28)24(3)20(18)27/h5-8,14,16,18H,4,9-13H2,1-3H3/p+1. The molecule has 0 saturated carbocycles. The first-order valence-corrected chi connectivity index (χ1v) is 10.0. The molecule has 0 spiro atoms. The summed E-state index contributed by atoms with van der Waals surface area (Å²) >= 11 is 0. The van der Waals surface area contributed by atoms with Crippen LogP contribution in [0.5, 0.6) is 5.75 Å². The van der Waals surface area contributed by atoms with Gasteiger partial charge in [-0.05, 0) is 37.5 Å². The van der Waals surface area contributed by atoms with Crippen LogP contribution in [0.25, 0.3) is 0 Å². The summed E-state index contributed by atoms with van der Waals surface area (Å²) in [6.07, 6.45) is 3.55. The average molecular weight is 401 g/mol. The monoisotopic (exact) mass is 401 g/mol. The Morgan fingerprint density at radius 1 is 1.21 bits per heavy atom. The van der Waals surface area contributed by atoms with E-state index in [4.69, 9.17) is 4.74 Å². The van der Waals surface area contributed by atoms with Crippen LogP contribution in [0.4, 0.5) is 4.79 Å². The highest BCUT2D eigenvalue weighted by molar-refractivity contribution is 6.06. The number of piperidine rings is 1. The molecule has 8 nitrogen and oxygen atoms in total. The molecule has 8 heteroatoms. The van der Waals surface area contributed by atoms with E-state index in [0.717, 1.165) is 29.1 Å². The molecule has 0 aromatic heterocycles. The third-order valence-corrected chi connectivity index (χ3v) is 5.42. The van der Waals surface area contributed by atoms with Gasteiger partial charge in [-0.3, -0.25) is 9.69 Å². The predicted molar refractivity (Wildman–Crippen MR) is 108 cm³/mol. The topological polar surface area (TPSA) is 82.0 Å². The lowest BCUT2D eigenvalue weighted by molar-refractivity contribution is -0.401. The SMILES string of the molecule is CCOc1ccc(CC(=O)NC2CCN(C3C=[N+](C)C(=O)N(C)C3=O)CC2)cc1. The van der Waals surface area contributed by atoms with Crippen molar-refractivity contribution in [3.63, 3.8) is 0 Å². The van der Waals surface area contributed by atoms with Crippen molar-refractivity contribution in [3.8, 4) is 5.75 Å². The quantitative estimate of drug-likeness (QED) is 0.716. The Labute approximate surface area is 171 Å². The van der Waals surface area contributed by atoms with E-state index in [1.54, 1.807) is 13.3 Å². The number of rotatable bonds is 6. The first-order chi connectivity index (χ1) is 13.9. The lowest BCUT2D eigenvalue weighted by Gasteiger charge is -2.36. The van der Waals surface area contributed by atoms with Gasteiger partial charge < -0.3 is 10.1 Å². The Morgan fingerprint density at radius 3 is 2.48 bits per heavy atom. The second-order valence-corrected chi connectivity index (χ2v) is 7.52. The van der Waals surface area contributed by atoms with E-state index in [-0.39, 0.29) is 23.9 Å². The first kappa shape index (κ1) is 21.0. The number of nitrogens with zero attached hydrogens (tertiary/aromatic N) is 3. The van der Waals surface area contributed by atoms with E-state index in [1.165, 1.54) is 11.6 Å². The Balaban J connectivity index is 1.49. The van der Waals surface area contributed by atoms with Crippen molar-refractivity contribution in [2.45, 2.75) is 38.3 Å². The fourth-order valence-electron chi connectivity index (χ4n) is 3.78. The number of likely N-dealkylation sites (tertiary alicyclic amines) is 1. The molecule has 0 aliphatic carbocycles. The highest BCUT2D eigenvalue weighted by atomic mass is 16.5. The largest absolute Gasteiger partial charge is 0.500 e. The summed E-state index contributed by atoms with van der Waals surface area (Å²) in [6.45, 7) is 3.93.